The van der Waals surface area contributed by atoms with Gasteiger partial charge in [-0.25, -0.2) is 4.79 Å². The van der Waals surface area contributed by atoms with Crippen LogP contribution in [0.4, 0.5) is 4.79 Å². The molecule has 0 heterocycles. The van der Waals surface area contributed by atoms with Crippen LogP contribution in [0.2, 0.25) is 0 Å². The summed E-state index contributed by atoms with van der Waals surface area (Å²) in [7, 11) is 0. The molecular formula is C10H20N2O6. The van der Waals surface area contributed by atoms with Crippen LogP contribution in [0.15, 0.2) is 0 Å². The lowest BCUT2D eigenvalue weighted by Crippen LogP contribution is -2.47. The van der Waals surface area contributed by atoms with E-state index in [1.165, 1.54) is 6.92 Å². The maximum Gasteiger partial charge on any atom is 0.408 e. The minimum Gasteiger partial charge on any atom is -0.480 e. The summed E-state index contributed by atoms with van der Waals surface area (Å²) in [6, 6.07) is -0.857. The Morgan fingerprint density at radius 2 is 1.78 bits per heavy atom. The molecule has 0 aliphatic carbocycles. The van der Waals surface area contributed by atoms with Crippen molar-refractivity contribution in [2.24, 2.45) is 0 Å². The van der Waals surface area contributed by atoms with Gasteiger partial charge >= 0.3 is 12.1 Å². The van der Waals surface area contributed by atoms with Gasteiger partial charge < -0.3 is 26.0 Å². The van der Waals surface area contributed by atoms with Gasteiger partial charge in [-0.15, -0.1) is 0 Å². The van der Waals surface area contributed by atoms with Crippen molar-refractivity contribution in [3.8, 4) is 0 Å². The van der Waals surface area contributed by atoms with Crippen molar-refractivity contribution >= 4 is 18.0 Å². The van der Waals surface area contributed by atoms with Gasteiger partial charge in [0.05, 0.1) is 0 Å². The van der Waals surface area contributed by atoms with E-state index in [2.05, 4.69) is 10.6 Å². The molecule has 0 aromatic rings. The van der Waals surface area contributed by atoms with Gasteiger partial charge in [0.2, 0.25) is 5.91 Å². The van der Waals surface area contributed by atoms with E-state index in [-0.39, 0.29) is 5.48 Å². The number of hydrogen-bond donors (Lipinski definition) is 3. The first-order valence-electron chi connectivity index (χ1n) is 5.11. The normalized spacial score (nSPS) is 11.8. The van der Waals surface area contributed by atoms with Crippen LogP contribution in [-0.4, -0.2) is 46.7 Å². The van der Waals surface area contributed by atoms with Gasteiger partial charge in [-0.2, -0.15) is 0 Å². The van der Waals surface area contributed by atoms with Crippen molar-refractivity contribution < 1.29 is 29.7 Å². The van der Waals surface area contributed by atoms with Crippen LogP contribution in [0.25, 0.3) is 0 Å². The molecule has 0 radical (unpaired) electrons. The number of aliphatic carboxylic acids is 1. The zero-order valence-corrected chi connectivity index (χ0v) is 10.9. The zero-order chi connectivity index (χ0) is 13.6. The molecule has 0 saturated heterocycles. The second kappa shape index (κ2) is 7.49. The first kappa shape index (κ1) is 18.5. The van der Waals surface area contributed by atoms with Gasteiger partial charge in [-0.3, -0.25) is 9.59 Å². The molecule has 0 aromatic heterocycles. The van der Waals surface area contributed by atoms with Crippen LogP contribution in [0.1, 0.15) is 27.7 Å². The number of carbonyl (C=O) groups excluding carboxylic acids is 2. The highest BCUT2D eigenvalue weighted by Crippen LogP contribution is 2.06. The summed E-state index contributed by atoms with van der Waals surface area (Å²) < 4.78 is 4.94. The SMILES string of the molecule is C[C@H](NC(=O)OC(C)(C)C)C(=O)NCC(=O)O.O. The van der Waals surface area contributed by atoms with Crippen LogP contribution >= 0.6 is 0 Å². The maximum absolute atomic E-state index is 11.3. The number of carbonyl (C=O) groups is 3. The van der Waals surface area contributed by atoms with E-state index in [4.69, 9.17) is 9.84 Å². The Hall–Kier alpha value is -1.83. The first-order valence-corrected chi connectivity index (χ1v) is 5.11. The average molecular weight is 264 g/mol. The maximum atomic E-state index is 11.3. The summed E-state index contributed by atoms with van der Waals surface area (Å²) >= 11 is 0. The Bertz CT molecular complexity index is 310. The number of rotatable bonds is 4. The van der Waals surface area contributed by atoms with E-state index >= 15 is 0 Å². The molecule has 0 saturated carbocycles. The molecule has 0 fully saturated rings. The summed E-state index contributed by atoms with van der Waals surface area (Å²) in [6.07, 6.45) is -0.726. The largest absolute Gasteiger partial charge is 0.480 e. The molecule has 0 aromatic carbocycles. The van der Waals surface area contributed by atoms with Crippen molar-refractivity contribution in [1.29, 1.82) is 0 Å². The smallest absolute Gasteiger partial charge is 0.408 e. The fourth-order valence-corrected chi connectivity index (χ4v) is 0.866. The molecule has 106 valence electrons. The molecule has 2 amide bonds. The van der Waals surface area contributed by atoms with Crippen LogP contribution in [-0.2, 0) is 14.3 Å². The van der Waals surface area contributed by atoms with Gasteiger partial charge in [0.15, 0.2) is 0 Å². The Labute approximate surface area is 105 Å². The highest BCUT2D eigenvalue weighted by Gasteiger charge is 2.20. The Morgan fingerprint density at radius 3 is 2.17 bits per heavy atom. The average Bonchev–Trinajstić information content (AvgIpc) is 2.10. The first-order chi connectivity index (χ1) is 7.61. The highest BCUT2D eigenvalue weighted by atomic mass is 16.6. The quantitative estimate of drug-likeness (QED) is 0.615. The summed E-state index contributed by atoms with van der Waals surface area (Å²) in [6.45, 7) is 6.03. The predicted molar refractivity (Wildman–Crippen MR) is 63.1 cm³/mol. The molecule has 8 nitrogen and oxygen atoms in total. The highest BCUT2D eigenvalue weighted by molar-refractivity contribution is 5.87. The van der Waals surface area contributed by atoms with Gasteiger partial charge in [-0.05, 0) is 27.7 Å². The fraction of sp³-hybridized carbons (Fsp3) is 0.700. The number of nitrogens with one attached hydrogen (secondary N) is 2. The molecule has 5 N–H and O–H groups in total. The lowest BCUT2D eigenvalue weighted by atomic mass is 10.2. The monoisotopic (exact) mass is 264 g/mol. The Kier molecular flexibility index (Phi) is 7.71. The number of carboxylic acid groups (broad SMARTS) is 1. The van der Waals surface area contributed by atoms with E-state index in [1.54, 1.807) is 20.8 Å². The molecule has 18 heavy (non-hydrogen) atoms. The van der Waals surface area contributed by atoms with Crippen LogP contribution in [0, 0.1) is 0 Å². The van der Waals surface area contributed by atoms with Crippen molar-refractivity contribution in [3.63, 3.8) is 0 Å². The number of alkyl carbamates (subject to hydrolysis) is 1. The lowest BCUT2D eigenvalue weighted by Gasteiger charge is -2.21. The van der Waals surface area contributed by atoms with Crippen molar-refractivity contribution in [2.45, 2.75) is 39.3 Å². The van der Waals surface area contributed by atoms with Crippen LogP contribution in [0.3, 0.4) is 0 Å². The summed E-state index contributed by atoms with van der Waals surface area (Å²) in [4.78, 5) is 32.8. The van der Waals surface area contributed by atoms with Gasteiger partial charge in [0.25, 0.3) is 0 Å². The van der Waals surface area contributed by atoms with Crippen molar-refractivity contribution in [3.05, 3.63) is 0 Å². The molecule has 8 heteroatoms. The summed E-state index contributed by atoms with van der Waals surface area (Å²) in [5, 5.41) is 12.8. The molecule has 0 spiro atoms. The minimum atomic E-state index is -1.15. The molecule has 1 atom stereocenters. The van der Waals surface area contributed by atoms with E-state index < -0.39 is 36.2 Å². The third-order valence-electron chi connectivity index (χ3n) is 1.54. The minimum absolute atomic E-state index is 0. The van der Waals surface area contributed by atoms with Crippen LogP contribution < -0.4 is 10.6 Å². The van der Waals surface area contributed by atoms with Gasteiger partial charge in [0.1, 0.15) is 18.2 Å². The van der Waals surface area contributed by atoms with Crippen molar-refractivity contribution in [1.82, 2.24) is 10.6 Å². The topological polar surface area (TPSA) is 136 Å². The number of ether oxygens (including phenoxy) is 1. The van der Waals surface area contributed by atoms with E-state index in [0.717, 1.165) is 0 Å². The number of carboxylic acids is 1. The zero-order valence-electron chi connectivity index (χ0n) is 10.9. The summed E-state index contributed by atoms with van der Waals surface area (Å²) in [5.74, 6) is -1.74. The lowest BCUT2D eigenvalue weighted by molar-refractivity contribution is -0.138. The van der Waals surface area contributed by atoms with E-state index in [9.17, 15) is 14.4 Å². The summed E-state index contributed by atoms with van der Waals surface area (Å²) in [5.41, 5.74) is -0.651. The van der Waals surface area contributed by atoms with Crippen molar-refractivity contribution in [2.75, 3.05) is 6.54 Å². The van der Waals surface area contributed by atoms with Gasteiger partial charge in [-0.1, -0.05) is 0 Å². The molecule has 0 unspecified atom stereocenters. The molecule has 0 bridgehead atoms. The number of hydrogen-bond acceptors (Lipinski definition) is 4. The number of amides is 2. The second-order valence-corrected chi connectivity index (χ2v) is 4.48. The Balaban J connectivity index is 0. The third-order valence-corrected chi connectivity index (χ3v) is 1.54. The Morgan fingerprint density at radius 1 is 1.28 bits per heavy atom. The van der Waals surface area contributed by atoms with E-state index in [0.29, 0.717) is 0 Å². The molecule has 0 aliphatic heterocycles. The van der Waals surface area contributed by atoms with Gasteiger partial charge in [0, 0.05) is 0 Å². The second-order valence-electron chi connectivity index (χ2n) is 4.48. The fourth-order valence-electron chi connectivity index (χ4n) is 0.866. The van der Waals surface area contributed by atoms with E-state index in [1.807, 2.05) is 0 Å². The molecular weight excluding hydrogens is 244 g/mol. The van der Waals surface area contributed by atoms with Crippen LogP contribution in [0.5, 0.6) is 0 Å². The predicted octanol–water partition coefficient (Wildman–Crippen LogP) is -0.724. The third kappa shape index (κ3) is 9.40. The molecule has 0 rings (SSSR count). The molecule has 0 aliphatic rings. The standard InChI is InChI=1S/C10H18N2O5.H2O/c1-6(8(15)11-5-7(13)14)12-9(16)17-10(2,3)4;/h6H,5H2,1-4H3,(H,11,15)(H,12,16)(H,13,14);1H2/t6-;/m0./s1.